The highest BCUT2D eigenvalue weighted by Gasteiger charge is 2.14. The second kappa shape index (κ2) is 41.6. The molecule has 1 aliphatic rings. The molecule has 0 bridgehead atoms. The molecule has 2 aromatic carbocycles. The van der Waals surface area contributed by atoms with Crippen LogP contribution in [0, 0.1) is 11.3 Å². The van der Waals surface area contributed by atoms with Crippen LogP contribution >= 0.6 is 0 Å². The van der Waals surface area contributed by atoms with Crippen LogP contribution in [0.4, 0.5) is 0 Å². The van der Waals surface area contributed by atoms with Crippen molar-refractivity contribution in [2.24, 2.45) is 51.5 Å². The third kappa shape index (κ3) is 40.6. The highest BCUT2D eigenvalue weighted by Crippen LogP contribution is 2.21. The van der Waals surface area contributed by atoms with Crippen LogP contribution in [0.2, 0.25) is 0 Å². The minimum Gasteiger partial charge on any atom is -0.330 e. The normalized spacial score (nSPS) is 14.5. The van der Waals surface area contributed by atoms with Crippen molar-refractivity contribution in [1.82, 2.24) is 0 Å². The predicted molar refractivity (Wildman–Crippen MR) is 228 cm³/mol. The molecule has 0 spiro atoms. The van der Waals surface area contributed by atoms with Gasteiger partial charge in [-0.2, -0.15) is 0 Å². The number of hydrogen-bond acceptors (Lipinski definition) is 7. The number of hydrogen-bond donors (Lipinski definition) is 7. The summed E-state index contributed by atoms with van der Waals surface area (Å²) in [6, 6.07) is 17.3. The Balaban J connectivity index is -0.000000252. The third-order valence-electron chi connectivity index (χ3n) is 8.44. The van der Waals surface area contributed by atoms with E-state index in [1.807, 2.05) is 0 Å². The summed E-state index contributed by atoms with van der Waals surface area (Å²) in [7, 11) is 0. The first kappa shape index (κ1) is 54.9. The molecule has 1 fully saturated rings. The quantitative estimate of drug-likeness (QED) is 0.108. The molecule has 296 valence electrons. The first-order valence-electron chi connectivity index (χ1n) is 20.0. The maximum atomic E-state index is 5.73. The number of rotatable bonds is 12. The molecular formula is C43H89N7. The van der Waals surface area contributed by atoms with Gasteiger partial charge in [-0.05, 0) is 111 Å². The van der Waals surface area contributed by atoms with Crippen molar-refractivity contribution < 1.29 is 0 Å². The van der Waals surface area contributed by atoms with Gasteiger partial charge in [0.05, 0.1) is 0 Å². The molecule has 7 nitrogen and oxygen atoms in total. The van der Waals surface area contributed by atoms with Gasteiger partial charge < -0.3 is 40.1 Å². The summed E-state index contributed by atoms with van der Waals surface area (Å²) in [5, 5.41) is 0. The Morgan fingerprint density at radius 3 is 1.38 bits per heavy atom. The number of unbranched alkanes of at least 4 members (excludes halogenated alkanes) is 3. The summed E-state index contributed by atoms with van der Waals surface area (Å²) in [5.74, 6) is 0.888. The molecule has 0 radical (unpaired) electrons. The van der Waals surface area contributed by atoms with Gasteiger partial charge in [-0.25, -0.2) is 0 Å². The van der Waals surface area contributed by atoms with E-state index < -0.39 is 0 Å². The summed E-state index contributed by atoms with van der Waals surface area (Å²) in [4.78, 5) is 0. The van der Waals surface area contributed by atoms with Gasteiger partial charge in [0.2, 0.25) is 0 Å². The van der Waals surface area contributed by atoms with Crippen LogP contribution in [0.1, 0.15) is 155 Å². The molecule has 0 saturated heterocycles. The zero-order valence-corrected chi connectivity index (χ0v) is 34.7. The van der Waals surface area contributed by atoms with Crippen molar-refractivity contribution in [3.05, 3.63) is 70.8 Å². The largest absolute Gasteiger partial charge is 0.330 e. The zero-order chi connectivity index (χ0) is 39.1. The van der Waals surface area contributed by atoms with Gasteiger partial charge in [-0.15, -0.1) is 0 Å². The summed E-state index contributed by atoms with van der Waals surface area (Å²) >= 11 is 0. The maximum absolute atomic E-state index is 5.73. The first-order valence-corrected chi connectivity index (χ1v) is 20.0. The van der Waals surface area contributed by atoms with Crippen LogP contribution in [0.3, 0.4) is 0 Å². The van der Waals surface area contributed by atoms with E-state index in [4.69, 9.17) is 40.1 Å². The van der Waals surface area contributed by atoms with E-state index in [2.05, 4.69) is 111 Å². The molecule has 50 heavy (non-hydrogen) atoms. The van der Waals surface area contributed by atoms with E-state index in [1.165, 1.54) is 86.5 Å². The fraction of sp³-hybridized carbons (Fsp3) is 0.721. The summed E-state index contributed by atoms with van der Waals surface area (Å²) in [6.45, 7) is 24.1. The molecule has 1 aliphatic carbocycles. The van der Waals surface area contributed by atoms with Gasteiger partial charge in [-0.1, -0.05) is 143 Å². The minimum absolute atomic E-state index is 0.361. The molecule has 2 aromatic rings. The summed E-state index contributed by atoms with van der Waals surface area (Å²) in [5.41, 5.74) is 43.0. The van der Waals surface area contributed by atoms with E-state index in [9.17, 15) is 0 Å². The Hall–Kier alpha value is -1.84. The van der Waals surface area contributed by atoms with Crippen molar-refractivity contribution in [2.75, 3.05) is 26.2 Å². The molecule has 14 N–H and O–H groups in total. The fourth-order valence-corrected chi connectivity index (χ4v) is 4.11. The maximum Gasteiger partial charge on any atom is 0.0178 e. The van der Waals surface area contributed by atoms with Crippen molar-refractivity contribution in [2.45, 2.75) is 165 Å². The molecule has 0 amide bonds. The van der Waals surface area contributed by atoms with Gasteiger partial charge in [0.25, 0.3) is 0 Å². The lowest BCUT2D eigenvalue weighted by molar-refractivity contribution is 0.344. The van der Waals surface area contributed by atoms with E-state index in [1.54, 1.807) is 0 Å². The van der Waals surface area contributed by atoms with Gasteiger partial charge in [-0.3, -0.25) is 0 Å². The second-order valence-corrected chi connectivity index (χ2v) is 13.9. The van der Waals surface area contributed by atoms with Gasteiger partial charge in [0, 0.05) is 19.1 Å². The second-order valence-electron chi connectivity index (χ2n) is 13.9. The van der Waals surface area contributed by atoms with Gasteiger partial charge in [0.15, 0.2) is 0 Å². The van der Waals surface area contributed by atoms with Crippen LogP contribution in [-0.4, -0.2) is 32.2 Å². The van der Waals surface area contributed by atoms with E-state index >= 15 is 0 Å². The van der Waals surface area contributed by atoms with Gasteiger partial charge >= 0.3 is 0 Å². The van der Waals surface area contributed by atoms with Crippen molar-refractivity contribution in [3.63, 3.8) is 0 Å². The summed E-state index contributed by atoms with van der Waals surface area (Å²) in [6.07, 6.45) is 15.9. The highest BCUT2D eigenvalue weighted by molar-refractivity contribution is 5.23. The molecule has 1 saturated carbocycles. The fourth-order valence-electron chi connectivity index (χ4n) is 4.11. The topological polar surface area (TPSA) is 182 Å². The van der Waals surface area contributed by atoms with Crippen LogP contribution in [0.25, 0.3) is 0 Å². The molecule has 2 atom stereocenters. The molecule has 0 aromatic heterocycles. The molecular weight excluding hydrogens is 615 g/mol. The molecule has 0 aliphatic heterocycles. The Morgan fingerprint density at radius 2 is 1.10 bits per heavy atom. The molecule has 7 heteroatoms. The standard InChI is InChI=1S/2C9H13N.C7H15N.C6H15N.C5H13N.C4H11N.C3H9N/c1-2-8-3-5-9(7-10)6-4-8;1-2-8-4-3-5-9(6-8)7-10;1-6-3-2-4-7(8)5-6;1-4-6(2,3)5-7;1-2-3-4-5-6;1-2-3-4-5;1-2-3-4/h2*3-6H,2,7,10H2,1H3;6-7H,2-5,8H2,1H3;4-5,7H2,1-3H3;2-6H2,1H3;2-5H2,1H3;2-4H2,1H3. The Morgan fingerprint density at radius 1 is 0.600 bits per heavy atom. The van der Waals surface area contributed by atoms with E-state index in [0.29, 0.717) is 24.5 Å². The van der Waals surface area contributed by atoms with E-state index in [-0.39, 0.29) is 0 Å². The lowest BCUT2D eigenvalue weighted by Crippen LogP contribution is -2.26. The SMILES string of the molecule is CC1CCCC(N)C1.CCC(C)(C)CN.CCCCCN.CCCCN.CCCN.CCc1ccc(CN)cc1.CCc1cccc(CN)c1. The molecule has 3 rings (SSSR count). The minimum atomic E-state index is 0.361. The number of nitrogens with two attached hydrogens (primary N) is 7. The van der Waals surface area contributed by atoms with Crippen LogP contribution in [0.15, 0.2) is 48.5 Å². The highest BCUT2D eigenvalue weighted by atomic mass is 14.6. The lowest BCUT2D eigenvalue weighted by atomic mass is 9.88. The molecule has 2 unspecified atom stereocenters. The van der Waals surface area contributed by atoms with E-state index in [0.717, 1.165) is 51.4 Å². The lowest BCUT2D eigenvalue weighted by Gasteiger charge is -2.22. The summed E-state index contributed by atoms with van der Waals surface area (Å²) < 4.78 is 0. The van der Waals surface area contributed by atoms with Gasteiger partial charge in [0.1, 0.15) is 0 Å². The predicted octanol–water partition coefficient (Wildman–Crippen LogP) is 8.56. The Labute approximate surface area is 312 Å². The number of benzene rings is 2. The Kier molecular flexibility index (Phi) is 45.7. The average Bonchev–Trinajstić information content (AvgIpc) is 3.15. The van der Waals surface area contributed by atoms with Crippen LogP contribution < -0.4 is 40.1 Å². The first-order chi connectivity index (χ1) is 23.9. The smallest absolute Gasteiger partial charge is 0.0178 e. The van der Waals surface area contributed by atoms with Crippen molar-refractivity contribution in [1.29, 1.82) is 0 Å². The van der Waals surface area contributed by atoms with Crippen LogP contribution in [0.5, 0.6) is 0 Å². The average molecular weight is 704 g/mol. The Bertz CT molecular complexity index is 838. The van der Waals surface area contributed by atoms with Crippen LogP contribution in [-0.2, 0) is 25.9 Å². The van der Waals surface area contributed by atoms with Crippen molar-refractivity contribution in [3.8, 4) is 0 Å². The monoisotopic (exact) mass is 704 g/mol. The zero-order valence-electron chi connectivity index (χ0n) is 34.7. The number of aryl methyl sites for hydroxylation is 2. The third-order valence-corrected chi connectivity index (χ3v) is 8.44. The molecule has 0 heterocycles. The van der Waals surface area contributed by atoms with Crippen molar-refractivity contribution >= 4 is 0 Å².